The van der Waals surface area contributed by atoms with E-state index in [-0.39, 0.29) is 0 Å². The average molecular weight is 252 g/mol. The fourth-order valence-corrected chi connectivity index (χ4v) is 4.52. The molecule has 2 nitrogen and oxygen atoms in total. The van der Waals surface area contributed by atoms with E-state index in [1.807, 2.05) is 0 Å². The minimum atomic E-state index is 0.336. The van der Waals surface area contributed by atoms with Crippen LogP contribution in [0.5, 0.6) is 0 Å². The van der Waals surface area contributed by atoms with Crippen molar-refractivity contribution in [1.29, 1.82) is 0 Å². The molecule has 1 aliphatic carbocycles. The van der Waals surface area contributed by atoms with Crippen LogP contribution in [0.1, 0.15) is 72.1 Å². The minimum absolute atomic E-state index is 0.336. The maximum Gasteiger partial charge on any atom is 0.0337 e. The van der Waals surface area contributed by atoms with Gasteiger partial charge in [0, 0.05) is 24.2 Å². The molecule has 0 aromatic carbocycles. The van der Waals surface area contributed by atoms with Gasteiger partial charge in [-0.2, -0.15) is 0 Å². The molecular weight excluding hydrogens is 220 g/mol. The van der Waals surface area contributed by atoms with Crippen molar-refractivity contribution in [2.75, 3.05) is 6.54 Å². The number of hydrogen-bond donors (Lipinski definition) is 1. The highest BCUT2D eigenvalue weighted by molar-refractivity contribution is 5.02. The van der Waals surface area contributed by atoms with E-state index in [9.17, 15) is 0 Å². The Kier molecular flexibility index (Phi) is 4.71. The molecule has 18 heavy (non-hydrogen) atoms. The molecule has 0 radical (unpaired) electrons. The van der Waals surface area contributed by atoms with Gasteiger partial charge in [-0.15, -0.1) is 0 Å². The van der Waals surface area contributed by atoms with E-state index in [1.54, 1.807) is 0 Å². The van der Waals surface area contributed by atoms with Gasteiger partial charge in [0.05, 0.1) is 0 Å². The van der Waals surface area contributed by atoms with Crippen LogP contribution in [0.2, 0.25) is 0 Å². The predicted molar refractivity (Wildman–Crippen MR) is 78.6 cm³/mol. The minimum Gasteiger partial charge on any atom is -0.329 e. The Morgan fingerprint density at radius 2 is 1.72 bits per heavy atom. The predicted octanol–water partition coefficient (Wildman–Crippen LogP) is 3.55. The Balaban J connectivity index is 2.12. The summed E-state index contributed by atoms with van der Waals surface area (Å²) >= 11 is 0. The molecule has 2 unspecified atom stereocenters. The van der Waals surface area contributed by atoms with E-state index in [1.165, 1.54) is 51.4 Å². The zero-order valence-corrected chi connectivity index (χ0v) is 12.6. The number of nitrogens with two attached hydrogens (primary N) is 1. The van der Waals surface area contributed by atoms with Crippen LogP contribution in [0.4, 0.5) is 0 Å². The molecule has 1 aliphatic heterocycles. The first-order valence-electron chi connectivity index (χ1n) is 8.15. The van der Waals surface area contributed by atoms with E-state index in [4.69, 9.17) is 5.73 Å². The molecular formula is C16H32N2. The van der Waals surface area contributed by atoms with Gasteiger partial charge in [-0.1, -0.05) is 20.3 Å². The smallest absolute Gasteiger partial charge is 0.0337 e. The summed E-state index contributed by atoms with van der Waals surface area (Å²) in [6, 6.07) is 1.54. The maximum atomic E-state index is 6.24. The summed E-state index contributed by atoms with van der Waals surface area (Å²) in [5.74, 6) is 0.961. The first-order valence-corrected chi connectivity index (χ1v) is 8.15. The summed E-state index contributed by atoms with van der Waals surface area (Å²) in [4.78, 5) is 2.83. The lowest BCUT2D eigenvalue weighted by molar-refractivity contribution is 0.00522. The third-order valence-corrected chi connectivity index (χ3v) is 5.80. The molecule has 1 saturated carbocycles. The highest BCUT2D eigenvalue weighted by atomic mass is 15.3. The molecule has 2 fully saturated rings. The van der Waals surface area contributed by atoms with Crippen molar-refractivity contribution in [2.45, 2.75) is 89.8 Å². The third-order valence-electron chi connectivity index (χ3n) is 5.80. The molecule has 2 atom stereocenters. The van der Waals surface area contributed by atoms with Crippen molar-refractivity contribution >= 4 is 0 Å². The summed E-state index contributed by atoms with van der Waals surface area (Å²) in [5.41, 5.74) is 6.58. The monoisotopic (exact) mass is 252 g/mol. The van der Waals surface area contributed by atoms with E-state index in [0.717, 1.165) is 24.5 Å². The van der Waals surface area contributed by atoms with Gasteiger partial charge in [-0.25, -0.2) is 0 Å². The highest BCUT2D eigenvalue weighted by Crippen LogP contribution is 2.43. The Morgan fingerprint density at radius 1 is 1.06 bits per heavy atom. The van der Waals surface area contributed by atoms with E-state index in [0.29, 0.717) is 5.54 Å². The molecule has 0 aromatic heterocycles. The van der Waals surface area contributed by atoms with Crippen LogP contribution >= 0.6 is 0 Å². The van der Waals surface area contributed by atoms with Gasteiger partial charge in [0.15, 0.2) is 0 Å². The van der Waals surface area contributed by atoms with Gasteiger partial charge in [0.2, 0.25) is 0 Å². The average Bonchev–Trinajstić information content (AvgIpc) is 2.80. The number of nitrogens with zero attached hydrogens (tertiary/aromatic N) is 1. The molecule has 2 heteroatoms. The molecule has 2 aliphatic rings. The fraction of sp³-hybridized carbons (Fsp3) is 1.00. The fourth-order valence-electron chi connectivity index (χ4n) is 4.52. The number of likely N-dealkylation sites (tertiary alicyclic amines) is 1. The lowest BCUT2D eigenvalue weighted by Crippen LogP contribution is -2.59. The van der Waals surface area contributed by atoms with Crippen molar-refractivity contribution in [3.05, 3.63) is 0 Å². The highest BCUT2D eigenvalue weighted by Gasteiger charge is 2.45. The largest absolute Gasteiger partial charge is 0.329 e. The number of rotatable bonds is 4. The normalized spacial score (nSPS) is 42.3. The standard InChI is InChI=1S/C16H32N2/c1-4-14-8-10-16(12-17,11-9-14)18-13(3)6-7-15(18)5-2/h13-15H,4-12,17H2,1-3H3. The molecule has 2 rings (SSSR count). The van der Waals surface area contributed by atoms with Gasteiger partial charge < -0.3 is 5.73 Å². The van der Waals surface area contributed by atoms with Crippen LogP contribution in [0.25, 0.3) is 0 Å². The number of hydrogen-bond acceptors (Lipinski definition) is 2. The van der Waals surface area contributed by atoms with Crippen molar-refractivity contribution < 1.29 is 0 Å². The van der Waals surface area contributed by atoms with E-state index >= 15 is 0 Å². The first-order chi connectivity index (χ1) is 8.66. The lowest BCUT2D eigenvalue weighted by atomic mass is 9.74. The Labute approximate surface area is 113 Å². The lowest BCUT2D eigenvalue weighted by Gasteiger charge is -2.50. The van der Waals surface area contributed by atoms with Crippen LogP contribution in [0, 0.1) is 5.92 Å². The van der Waals surface area contributed by atoms with Gasteiger partial charge in [0.1, 0.15) is 0 Å². The van der Waals surface area contributed by atoms with Crippen molar-refractivity contribution in [3.8, 4) is 0 Å². The second-order valence-corrected chi connectivity index (χ2v) is 6.68. The van der Waals surface area contributed by atoms with E-state index in [2.05, 4.69) is 25.7 Å². The molecule has 0 bridgehead atoms. The van der Waals surface area contributed by atoms with E-state index < -0.39 is 0 Å². The van der Waals surface area contributed by atoms with Crippen molar-refractivity contribution in [2.24, 2.45) is 11.7 Å². The summed E-state index contributed by atoms with van der Waals surface area (Å²) < 4.78 is 0. The van der Waals surface area contributed by atoms with Crippen LogP contribution in [-0.4, -0.2) is 29.1 Å². The van der Waals surface area contributed by atoms with Crippen LogP contribution in [0.15, 0.2) is 0 Å². The van der Waals surface area contributed by atoms with Crippen LogP contribution in [0.3, 0.4) is 0 Å². The van der Waals surface area contributed by atoms with Crippen LogP contribution < -0.4 is 5.73 Å². The SMILES string of the molecule is CCC1CCC(CN)(N2C(C)CCC2CC)CC1. The summed E-state index contributed by atoms with van der Waals surface area (Å²) in [6.07, 6.45) is 10.9. The van der Waals surface area contributed by atoms with Gasteiger partial charge in [0.25, 0.3) is 0 Å². The zero-order chi connectivity index (χ0) is 13.2. The molecule has 106 valence electrons. The molecule has 0 amide bonds. The second kappa shape index (κ2) is 5.92. The van der Waals surface area contributed by atoms with Gasteiger partial charge in [-0.3, -0.25) is 4.90 Å². The quantitative estimate of drug-likeness (QED) is 0.829. The summed E-state index contributed by atoms with van der Waals surface area (Å²) in [5, 5.41) is 0. The first kappa shape index (κ1) is 14.3. The Bertz CT molecular complexity index is 256. The van der Waals surface area contributed by atoms with Crippen molar-refractivity contribution in [1.82, 2.24) is 4.90 Å². The van der Waals surface area contributed by atoms with Gasteiger partial charge >= 0.3 is 0 Å². The molecule has 0 spiro atoms. The van der Waals surface area contributed by atoms with Crippen LogP contribution in [-0.2, 0) is 0 Å². The van der Waals surface area contributed by atoms with Crippen molar-refractivity contribution in [3.63, 3.8) is 0 Å². The second-order valence-electron chi connectivity index (χ2n) is 6.68. The summed E-state index contributed by atoms with van der Waals surface area (Å²) in [7, 11) is 0. The topological polar surface area (TPSA) is 29.3 Å². The maximum absolute atomic E-state index is 6.24. The Hall–Kier alpha value is -0.0800. The van der Waals surface area contributed by atoms with Gasteiger partial charge in [-0.05, 0) is 57.8 Å². The Morgan fingerprint density at radius 3 is 2.22 bits per heavy atom. The summed E-state index contributed by atoms with van der Waals surface area (Å²) in [6.45, 7) is 7.97. The molecule has 1 heterocycles. The zero-order valence-electron chi connectivity index (χ0n) is 12.6. The molecule has 1 saturated heterocycles. The molecule has 2 N–H and O–H groups in total. The molecule has 0 aromatic rings. The third kappa shape index (κ3) is 2.46.